The highest BCUT2D eigenvalue weighted by Crippen LogP contribution is 2.21. The number of hydrogen-bond donors (Lipinski definition) is 2. The summed E-state index contributed by atoms with van der Waals surface area (Å²) in [4.78, 5) is 0. The predicted molar refractivity (Wildman–Crippen MR) is 58.8 cm³/mol. The van der Waals surface area contributed by atoms with Crippen LogP contribution in [-0.2, 0) is 9.47 Å². The quantitative estimate of drug-likeness (QED) is 0.708. The summed E-state index contributed by atoms with van der Waals surface area (Å²) >= 11 is 0. The molecule has 0 aromatic rings. The molecule has 0 bridgehead atoms. The normalized spacial score (nSPS) is 34.2. The van der Waals surface area contributed by atoms with E-state index in [-0.39, 0.29) is 5.54 Å². The average Bonchev–Trinajstić information content (AvgIpc) is 2.32. The molecule has 0 amide bonds. The van der Waals surface area contributed by atoms with E-state index in [4.69, 9.17) is 15.2 Å². The minimum Gasteiger partial charge on any atom is -0.381 e. The van der Waals surface area contributed by atoms with E-state index in [0.29, 0.717) is 12.6 Å². The van der Waals surface area contributed by atoms with Gasteiger partial charge in [-0.1, -0.05) is 0 Å². The van der Waals surface area contributed by atoms with Crippen LogP contribution in [0, 0.1) is 0 Å². The van der Waals surface area contributed by atoms with Crippen LogP contribution in [0.15, 0.2) is 0 Å². The zero-order valence-electron chi connectivity index (χ0n) is 9.34. The fraction of sp³-hybridized carbons (Fsp3) is 1.00. The maximum atomic E-state index is 5.88. The standard InChI is InChI=1S/C11H22N2O2/c12-8-11(4-1-5-15-9-11)13-10-2-6-14-7-3-10/h10,13H,1-9,12H2. The summed E-state index contributed by atoms with van der Waals surface area (Å²) in [6, 6.07) is 0.559. The van der Waals surface area contributed by atoms with Crippen LogP contribution in [0.5, 0.6) is 0 Å². The third-order valence-corrected chi connectivity index (χ3v) is 3.44. The zero-order valence-corrected chi connectivity index (χ0v) is 9.34. The summed E-state index contributed by atoms with van der Waals surface area (Å²) in [5.74, 6) is 0. The van der Waals surface area contributed by atoms with Gasteiger partial charge in [0.1, 0.15) is 0 Å². The first kappa shape index (κ1) is 11.3. The summed E-state index contributed by atoms with van der Waals surface area (Å²) in [6.45, 7) is 4.07. The SMILES string of the molecule is NCC1(NC2CCOCC2)CCCOC1. The lowest BCUT2D eigenvalue weighted by Gasteiger charge is -2.41. The molecule has 3 N–H and O–H groups in total. The highest BCUT2D eigenvalue weighted by atomic mass is 16.5. The molecule has 0 aliphatic carbocycles. The van der Waals surface area contributed by atoms with Crippen LogP contribution in [-0.4, -0.2) is 44.6 Å². The Bertz CT molecular complexity index is 187. The molecule has 2 heterocycles. The number of nitrogens with two attached hydrogens (primary N) is 1. The molecule has 2 fully saturated rings. The van der Waals surface area contributed by atoms with Crippen molar-refractivity contribution in [3.8, 4) is 0 Å². The highest BCUT2D eigenvalue weighted by Gasteiger charge is 2.33. The van der Waals surface area contributed by atoms with Crippen LogP contribution in [0.1, 0.15) is 25.7 Å². The summed E-state index contributed by atoms with van der Waals surface area (Å²) < 4.78 is 10.9. The zero-order chi connectivity index (χ0) is 10.6. The van der Waals surface area contributed by atoms with Crippen LogP contribution in [0.3, 0.4) is 0 Å². The Morgan fingerprint density at radius 3 is 2.60 bits per heavy atom. The predicted octanol–water partition coefficient (Wildman–Crippen LogP) is 0.263. The van der Waals surface area contributed by atoms with Gasteiger partial charge in [-0.25, -0.2) is 0 Å². The Morgan fingerprint density at radius 1 is 1.20 bits per heavy atom. The van der Waals surface area contributed by atoms with Gasteiger partial charge in [-0.05, 0) is 25.7 Å². The molecule has 0 spiro atoms. The monoisotopic (exact) mass is 214 g/mol. The van der Waals surface area contributed by atoms with E-state index in [9.17, 15) is 0 Å². The Morgan fingerprint density at radius 2 is 2.00 bits per heavy atom. The smallest absolute Gasteiger partial charge is 0.0660 e. The molecule has 2 aliphatic rings. The molecule has 2 rings (SSSR count). The summed E-state index contributed by atoms with van der Waals surface area (Å²) in [6.07, 6.45) is 4.46. The largest absolute Gasteiger partial charge is 0.381 e. The molecule has 1 atom stereocenters. The molecule has 0 aromatic carbocycles. The van der Waals surface area contributed by atoms with E-state index < -0.39 is 0 Å². The molecular formula is C11H22N2O2. The summed E-state index contributed by atoms with van der Waals surface area (Å²) in [5, 5.41) is 3.69. The van der Waals surface area contributed by atoms with Gasteiger partial charge in [-0.2, -0.15) is 0 Å². The van der Waals surface area contributed by atoms with Gasteiger partial charge >= 0.3 is 0 Å². The Kier molecular flexibility index (Phi) is 3.97. The Balaban J connectivity index is 1.87. The van der Waals surface area contributed by atoms with Crippen molar-refractivity contribution >= 4 is 0 Å². The molecule has 2 aliphatic heterocycles. The molecule has 88 valence electrons. The maximum Gasteiger partial charge on any atom is 0.0660 e. The van der Waals surface area contributed by atoms with Crippen molar-refractivity contribution in [2.45, 2.75) is 37.3 Å². The molecule has 15 heavy (non-hydrogen) atoms. The molecule has 1 unspecified atom stereocenters. The first-order valence-corrected chi connectivity index (χ1v) is 5.98. The topological polar surface area (TPSA) is 56.5 Å². The molecule has 4 nitrogen and oxygen atoms in total. The van der Waals surface area contributed by atoms with Crippen molar-refractivity contribution in [3.05, 3.63) is 0 Å². The second kappa shape index (κ2) is 5.25. The van der Waals surface area contributed by atoms with E-state index in [2.05, 4.69) is 5.32 Å². The van der Waals surface area contributed by atoms with Crippen molar-refractivity contribution in [2.24, 2.45) is 5.73 Å². The minimum atomic E-state index is 0.0280. The van der Waals surface area contributed by atoms with Gasteiger partial charge in [-0.3, -0.25) is 0 Å². The first-order valence-electron chi connectivity index (χ1n) is 5.98. The third-order valence-electron chi connectivity index (χ3n) is 3.44. The fourth-order valence-electron chi connectivity index (χ4n) is 2.46. The van der Waals surface area contributed by atoms with Crippen LogP contribution < -0.4 is 11.1 Å². The maximum absolute atomic E-state index is 5.88. The second-order valence-corrected chi connectivity index (χ2v) is 4.67. The molecule has 4 heteroatoms. The summed E-state index contributed by atoms with van der Waals surface area (Å²) in [5.41, 5.74) is 5.91. The van der Waals surface area contributed by atoms with Gasteiger partial charge in [-0.15, -0.1) is 0 Å². The van der Waals surface area contributed by atoms with Crippen LogP contribution in [0.2, 0.25) is 0 Å². The molecule has 0 aromatic heterocycles. The van der Waals surface area contributed by atoms with Gasteiger partial charge in [0.25, 0.3) is 0 Å². The lowest BCUT2D eigenvalue weighted by atomic mass is 9.90. The Labute approximate surface area is 91.5 Å². The number of nitrogens with one attached hydrogen (secondary N) is 1. The van der Waals surface area contributed by atoms with E-state index in [1.165, 1.54) is 0 Å². The van der Waals surface area contributed by atoms with E-state index in [0.717, 1.165) is 52.1 Å². The summed E-state index contributed by atoms with van der Waals surface area (Å²) in [7, 11) is 0. The fourth-order valence-corrected chi connectivity index (χ4v) is 2.46. The molecule has 0 saturated carbocycles. The third kappa shape index (κ3) is 2.91. The molecular weight excluding hydrogens is 192 g/mol. The van der Waals surface area contributed by atoms with Gasteiger partial charge in [0.05, 0.1) is 12.1 Å². The number of rotatable bonds is 3. The first-order chi connectivity index (χ1) is 7.35. The number of hydrogen-bond acceptors (Lipinski definition) is 4. The highest BCUT2D eigenvalue weighted by molar-refractivity contribution is 4.94. The van der Waals surface area contributed by atoms with Crippen molar-refractivity contribution in [3.63, 3.8) is 0 Å². The van der Waals surface area contributed by atoms with Crippen LogP contribution >= 0.6 is 0 Å². The van der Waals surface area contributed by atoms with E-state index >= 15 is 0 Å². The van der Waals surface area contributed by atoms with Gasteiger partial charge < -0.3 is 20.5 Å². The van der Waals surface area contributed by atoms with Crippen molar-refractivity contribution in [1.82, 2.24) is 5.32 Å². The van der Waals surface area contributed by atoms with E-state index in [1.54, 1.807) is 0 Å². The van der Waals surface area contributed by atoms with Gasteiger partial charge in [0.15, 0.2) is 0 Å². The lowest BCUT2D eigenvalue weighted by molar-refractivity contribution is 0.00443. The van der Waals surface area contributed by atoms with Gasteiger partial charge in [0.2, 0.25) is 0 Å². The van der Waals surface area contributed by atoms with Crippen molar-refractivity contribution in [1.29, 1.82) is 0 Å². The van der Waals surface area contributed by atoms with Crippen LogP contribution in [0.25, 0.3) is 0 Å². The second-order valence-electron chi connectivity index (χ2n) is 4.67. The number of ether oxygens (including phenoxy) is 2. The Hall–Kier alpha value is -0.160. The lowest BCUT2D eigenvalue weighted by Crippen LogP contribution is -2.60. The van der Waals surface area contributed by atoms with Crippen molar-refractivity contribution < 1.29 is 9.47 Å². The van der Waals surface area contributed by atoms with Crippen LogP contribution in [0.4, 0.5) is 0 Å². The van der Waals surface area contributed by atoms with E-state index in [1.807, 2.05) is 0 Å². The van der Waals surface area contributed by atoms with Crippen molar-refractivity contribution in [2.75, 3.05) is 33.0 Å². The molecule has 2 saturated heterocycles. The average molecular weight is 214 g/mol. The molecule has 0 radical (unpaired) electrons. The van der Waals surface area contributed by atoms with Gasteiger partial charge in [0, 0.05) is 32.4 Å². The minimum absolute atomic E-state index is 0.0280.